The van der Waals surface area contributed by atoms with Crippen molar-refractivity contribution >= 4 is 29.3 Å². The molecule has 3 N–H and O–H groups in total. The molecule has 6 rings (SSSR count). The number of aliphatic carboxylic acids is 1. The third-order valence-corrected chi connectivity index (χ3v) is 16.0. The van der Waals surface area contributed by atoms with Crippen molar-refractivity contribution in [3.05, 3.63) is 34.4 Å². The normalized spacial score (nSPS) is 37.5. The van der Waals surface area contributed by atoms with Gasteiger partial charge in [-0.05, 0) is 111 Å². The number of esters is 1. The number of ketones is 1. The Hall–Kier alpha value is -2.36. The Morgan fingerprint density at radius 2 is 1.65 bits per heavy atom. The van der Waals surface area contributed by atoms with Gasteiger partial charge in [0.25, 0.3) is 0 Å². The molecule has 1 aromatic rings. The Labute approximate surface area is 315 Å². The van der Waals surface area contributed by atoms with Crippen LogP contribution in [-0.4, -0.2) is 56.7 Å². The van der Waals surface area contributed by atoms with E-state index in [0.717, 1.165) is 56.9 Å². The standard InChI is InChI=1S/C42H62ClN3O6/c1-24(2)34-27(47)18-42(30(48)22-44-23-32-45-20-25(43)21-46-32)17-16-40(8)26(35(34)42)10-11-29-39(7)14-13-31(52-33(49)19-37(3,4)36(50)51)38(5,6)28(39)12-15-41(29,40)9/h20-21,24,26,28-31,44,48H,10-19,22-23H2,1-9H3,(H,50,51)/t26-,28-,29-,30+,31+,39+,40-,41-,42+/m1/s1. The monoisotopic (exact) mass is 739 g/mol. The molecule has 4 saturated carbocycles. The maximum atomic E-state index is 14.0. The number of aliphatic hydroxyl groups is 1. The van der Waals surface area contributed by atoms with Crippen LogP contribution < -0.4 is 5.32 Å². The molecule has 5 aliphatic carbocycles. The number of nitrogens with zero attached hydrogens (tertiary/aromatic N) is 2. The van der Waals surface area contributed by atoms with Gasteiger partial charge in [-0.3, -0.25) is 14.4 Å². The molecule has 1 aromatic heterocycles. The van der Waals surface area contributed by atoms with Gasteiger partial charge in [0.2, 0.25) is 0 Å². The van der Waals surface area contributed by atoms with Crippen LogP contribution in [0.5, 0.6) is 0 Å². The van der Waals surface area contributed by atoms with Crippen molar-refractivity contribution in [3.8, 4) is 0 Å². The van der Waals surface area contributed by atoms with E-state index in [-0.39, 0.29) is 51.8 Å². The number of carbonyl (C=O) groups excluding carboxylic acids is 2. The first-order chi connectivity index (χ1) is 24.1. The summed E-state index contributed by atoms with van der Waals surface area (Å²) >= 11 is 5.98. The maximum Gasteiger partial charge on any atom is 0.309 e. The molecule has 0 spiro atoms. The third-order valence-electron chi connectivity index (χ3n) is 15.8. The lowest BCUT2D eigenvalue weighted by Crippen LogP contribution is -2.66. The molecule has 0 aromatic carbocycles. The number of carboxylic acids is 1. The number of halogens is 1. The number of allylic oxidation sites excluding steroid dienone is 1. The van der Waals surface area contributed by atoms with Crippen molar-refractivity contribution < 1.29 is 29.3 Å². The van der Waals surface area contributed by atoms with E-state index < -0.39 is 28.9 Å². The van der Waals surface area contributed by atoms with Crippen LogP contribution >= 0.6 is 11.6 Å². The lowest BCUT2D eigenvalue weighted by molar-refractivity contribution is -0.235. The molecular formula is C42H62ClN3O6. The molecule has 0 unspecified atom stereocenters. The zero-order valence-corrected chi connectivity index (χ0v) is 33.7. The highest BCUT2D eigenvalue weighted by molar-refractivity contribution is 6.30. The summed E-state index contributed by atoms with van der Waals surface area (Å²) in [6, 6.07) is 0. The Morgan fingerprint density at radius 1 is 0.981 bits per heavy atom. The molecule has 0 bridgehead atoms. The second-order valence-electron chi connectivity index (χ2n) is 19.5. The van der Waals surface area contributed by atoms with E-state index in [4.69, 9.17) is 16.3 Å². The van der Waals surface area contributed by atoms with Gasteiger partial charge in [-0.1, -0.05) is 65.6 Å². The first-order valence-corrected chi connectivity index (χ1v) is 20.1. The Bertz CT molecular complexity index is 1620. The number of fused-ring (bicyclic) bond motifs is 7. The third kappa shape index (κ3) is 6.07. The number of nitrogens with one attached hydrogen (secondary N) is 1. The lowest BCUT2D eigenvalue weighted by atomic mass is 9.33. The Kier molecular flexibility index (Phi) is 10.2. The molecule has 0 amide bonds. The Balaban J connectivity index is 1.26. The lowest BCUT2D eigenvalue weighted by Gasteiger charge is -2.72. The van der Waals surface area contributed by atoms with E-state index >= 15 is 0 Å². The number of aromatic nitrogens is 2. The molecule has 5 aliphatic rings. The number of rotatable bonds is 10. The second kappa shape index (κ2) is 13.4. The number of hydrogen-bond acceptors (Lipinski definition) is 8. The van der Waals surface area contributed by atoms with Crippen molar-refractivity contribution in [2.24, 2.45) is 56.2 Å². The second-order valence-corrected chi connectivity index (χ2v) is 20.0. The number of Topliss-reactive ketones (excluding diaryl/α,β-unsaturated/α-hetero) is 1. The quantitative estimate of drug-likeness (QED) is 0.204. The summed E-state index contributed by atoms with van der Waals surface area (Å²) in [5.41, 5.74) is 0.279. The van der Waals surface area contributed by atoms with E-state index in [9.17, 15) is 24.6 Å². The summed E-state index contributed by atoms with van der Waals surface area (Å²) in [5.74, 6) is 0.541. The van der Waals surface area contributed by atoms with Gasteiger partial charge in [0.05, 0.1) is 29.5 Å². The van der Waals surface area contributed by atoms with E-state index in [1.54, 1.807) is 26.2 Å². The molecule has 0 aliphatic heterocycles. The van der Waals surface area contributed by atoms with Crippen LogP contribution in [0.1, 0.15) is 132 Å². The summed E-state index contributed by atoms with van der Waals surface area (Å²) in [7, 11) is 0. The van der Waals surface area contributed by atoms with Crippen molar-refractivity contribution in [2.45, 2.75) is 145 Å². The first kappa shape index (κ1) is 39.3. The van der Waals surface area contributed by atoms with Gasteiger partial charge in [0, 0.05) is 36.2 Å². The highest BCUT2D eigenvalue weighted by Gasteiger charge is 2.70. The fraction of sp³-hybridized carbons (Fsp3) is 0.786. The average molecular weight is 740 g/mol. The van der Waals surface area contributed by atoms with Gasteiger partial charge < -0.3 is 20.3 Å². The van der Waals surface area contributed by atoms with Crippen molar-refractivity contribution in [2.75, 3.05) is 6.54 Å². The van der Waals surface area contributed by atoms with E-state index in [2.05, 4.69) is 63.8 Å². The average Bonchev–Trinajstić information content (AvgIpc) is 3.36. The zero-order valence-electron chi connectivity index (χ0n) is 32.9. The van der Waals surface area contributed by atoms with Crippen LogP contribution in [0.15, 0.2) is 23.5 Å². The molecule has 10 heteroatoms. The van der Waals surface area contributed by atoms with E-state index in [0.29, 0.717) is 42.2 Å². The smallest absolute Gasteiger partial charge is 0.309 e. The minimum Gasteiger partial charge on any atom is -0.481 e. The molecule has 52 heavy (non-hydrogen) atoms. The van der Waals surface area contributed by atoms with E-state index in [1.807, 2.05) is 0 Å². The van der Waals surface area contributed by atoms with Gasteiger partial charge in [-0.25, -0.2) is 9.97 Å². The number of ether oxygens (including phenoxy) is 1. The van der Waals surface area contributed by atoms with Crippen LogP contribution in [0.3, 0.4) is 0 Å². The predicted molar refractivity (Wildman–Crippen MR) is 200 cm³/mol. The molecule has 9 atom stereocenters. The van der Waals surface area contributed by atoms with Gasteiger partial charge in [-0.15, -0.1) is 0 Å². The van der Waals surface area contributed by atoms with Crippen LogP contribution in [0.2, 0.25) is 5.02 Å². The molecule has 1 heterocycles. The van der Waals surface area contributed by atoms with Crippen molar-refractivity contribution in [1.29, 1.82) is 0 Å². The number of carboxylic acid groups (broad SMARTS) is 1. The first-order valence-electron chi connectivity index (χ1n) is 19.7. The number of hydrogen-bond donors (Lipinski definition) is 3. The number of carbonyl (C=O) groups is 3. The number of aliphatic hydroxyl groups excluding tert-OH is 1. The largest absolute Gasteiger partial charge is 0.481 e. The van der Waals surface area contributed by atoms with E-state index in [1.165, 1.54) is 5.57 Å². The zero-order chi connectivity index (χ0) is 38.2. The molecule has 288 valence electrons. The maximum absolute atomic E-state index is 14.0. The minimum absolute atomic E-state index is 0.0341. The summed E-state index contributed by atoms with van der Waals surface area (Å²) in [4.78, 5) is 47.4. The van der Waals surface area contributed by atoms with Gasteiger partial charge in [0.15, 0.2) is 5.78 Å². The van der Waals surface area contributed by atoms with Gasteiger partial charge >= 0.3 is 11.9 Å². The van der Waals surface area contributed by atoms with Crippen molar-refractivity contribution in [3.63, 3.8) is 0 Å². The summed E-state index contributed by atoms with van der Waals surface area (Å²) in [5, 5.41) is 25.6. The molecular weight excluding hydrogens is 678 g/mol. The summed E-state index contributed by atoms with van der Waals surface area (Å²) in [6.07, 6.45) is 10.1. The van der Waals surface area contributed by atoms with Crippen LogP contribution in [-0.2, 0) is 25.7 Å². The fourth-order valence-corrected chi connectivity index (χ4v) is 13.0. The molecule has 4 fully saturated rings. The minimum atomic E-state index is -1.17. The highest BCUT2D eigenvalue weighted by atomic mass is 35.5. The van der Waals surface area contributed by atoms with Gasteiger partial charge in [0.1, 0.15) is 11.9 Å². The molecule has 0 radical (unpaired) electrons. The summed E-state index contributed by atoms with van der Waals surface area (Å²) in [6.45, 7) is 20.3. The predicted octanol–water partition coefficient (Wildman–Crippen LogP) is 7.97. The van der Waals surface area contributed by atoms with Crippen LogP contribution in [0.4, 0.5) is 0 Å². The topological polar surface area (TPSA) is 139 Å². The van der Waals surface area contributed by atoms with Crippen molar-refractivity contribution in [1.82, 2.24) is 15.3 Å². The molecule has 9 nitrogen and oxygen atoms in total. The van der Waals surface area contributed by atoms with Gasteiger partial charge in [-0.2, -0.15) is 0 Å². The molecule has 0 saturated heterocycles. The Morgan fingerprint density at radius 3 is 2.29 bits per heavy atom. The summed E-state index contributed by atoms with van der Waals surface area (Å²) < 4.78 is 6.16. The van der Waals surface area contributed by atoms with Crippen LogP contribution in [0, 0.1) is 56.2 Å². The fourth-order valence-electron chi connectivity index (χ4n) is 12.9. The van der Waals surface area contributed by atoms with Crippen LogP contribution in [0.25, 0.3) is 0 Å². The SMILES string of the molecule is CC(C)C1=C2[C@H]3CC[C@@H]4[C@@]5(C)CC[C@H](OC(=O)CC(C)(C)C(=O)O)C(C)(C)[C@H]5CC[C@@]4(C)[C@]3(C)CC[C@@]2([C@@H](O)CNCc2ncc(Cl)cn2)CC1=O. The highest BCUT2D eigenvalue weighted by Crippen LogP contribution is 2.77.